The van der Waals surface area contributed by atoms with Crippen LogP contribution in [0.1, 0.15) is 18.9 Å². The van der Waals surface area contributed by atoms with Crippen LogP contribution in [0.5, 0.6) is 5.75 Å². The lowest BCUT2D eigenvalue weighted by atomic mass is 10.0. The number of rotatable bonds is 4. The molecule has 0 aromatic heterocycles. The van der Waals surface area contributed by atoms with E-state index in [-0.39, 0.29) is 0 Å². The van der Waals surface area contributed by atoms with Gasteiger partial charge in [-0.1, -0.05) is 25.1 Å². The highest BCUT2D eigenvalue weighted by Gasteiger charge is 2.11. The summed E-state index contributed by atoms with van der Waals surface area (Å²) in [5.41, 5.74) is 1.04. The molecule has 0 fully saturated rings. The summed E-state index contributed by atoms with van der Waals surface area (Å²) in [7, 11) is 4.16. The van der Waals surface area contributed by atoms with Crippen LogP contribution < -0.4 is 0 Å². The van der Waals surface area contributed by atoms with Crippen molar-refractivity contribution in [3.05, 3.63) is 29.8 Å². The maximum Gasteiger partial charge on any atom is 0.118 e. The Kier molecular flexibility index (Phi) is 3.96. The molecule has 0 heterocycles. The first-order valence-corrected chi connectivity index (χ1v) is 5.08. The molecular formula is C12H19NO. The minimum absolute atomic E-state index is 0.410. The van der Waals surface area contributed by atoms with Crippen molar-refractivity contribution >= 4 is 0 Å². The molecule has 1 unspecified atom stereocenters. The maximum absolute atomic E-state index is 9.62. The van der Waals surface area contributed by atoms with Crippen LogP contribution in [0.15, 0.2) is 24.3 Å². The first kappa shape index (κ1) is 11.1. The van der Waals surface area contributed by atoms with Crippen molar-refractivity contribution < 1.29 is 5.11 Å². The van der Waals surface area contributed by atoms with Gasteiger partial charge in [0.1, 0.15) is 5.75 Å². The number of nitrogens with zero attached hydrogens (tertiary/aromatic N) is 1. The summed E-state index contributed by atoms with van der Waals surface area (Å²) in [5, 5.41) is 9.62. The van der Waals surface area contributed by atoms with Crippen molar-refractivity contribution in [3.63, 3.8) is 0 Å². The topological polar surface area (TPSA) is 23.5 Å². The number of likely N-dealkylation sites (N-methyl/N-ethyl adjacent to an activating group) is 1. The Morgan fingerprint density at radius 3 is 2.43 bits per heavy atom. The van der Waals surface area contributed by atoms with Crippen LogP contribution in [0.2, 0.25) is 0 Å². The lowest BCUT2D eigenvalue weighted by Crippen LogP contribution is -2.29. The molecule has 1 rings (SSSR count). The highest BCUT2D eigenvalue weighted by atomic mass is 16.3. The fourth-order valence-corrected chi connectivity index (χ4v) is 1.63. The van der Waals surface area contributed by atoms with Crippen LogP contribution in [0, 0.1) is 0 Å². The second-order valence-corrected chi connectivity index (χ2v) is 3.86. The van der Waals surface area contributed by atoms with Gasteiger partial charge in [0.2, 0.25) is 0 Å². The van der Waals surface area contributed by atoms with Gasteiger partial charge in [-0.05, 0) is 38.6 Å². The largest absolute Gasteiger partial charge is 0.508 e. The van der Waals surface area contributed by atoms with E-state index in [0.29, 0.717) is 11.8 Å². The molecule has 1 aromatic rings. The number of phenolic OH excluding ortho intramolecular Hbond substituents is 1. The highest BCUT2D eigenvalue weighted by Crippen LogP contribution is 2.19. The van der Waals surface area contributed by atoms with E-state index >= 15 is 0 Å². The maximum atomic E-state index is 9.62. The van der Waals surface area contributed by atoms with Crippen molar-refractivity contribution in [3.8, 4) is 5.75 Å². The molecule has 1 aromatic carbocycles. The Morgan fingerprint density at radius 2 is 1.93 bits per heavy atom. The summed E-state index contributed by atoms with van der Waals surface area (Å²) in [4.78, 5) is 2.20. The Bertz CT molecular complexity index is 283. The predicted molar refractivity (Wildman–Crippen MR) is 59.6 cm³/mol. The molecule has 0 saturated carbocycles. The molecule has 2 nitrogen and oxygen atoms in total. The van der Waals surface area contributed by atoms with Crippen LogP contribution in [0.4, 0.5) is 0 Å². The van der Waals surface area contributed by atoms with Crippen LogP contribution in [0.3, 0.4) is 0 Å². The zero-order chi connectivity index (χ0) is 10.6. The number of benzene rings is 1. The Balaban J connectivity index is 2.72. The van der Waals surface area contributed by atoms with Gasteiger partial charge in [-0.3, -0.25) is 0 Å². The summed E-state index contributed by atoms with van der Waals surface area (Å²) >= 11 is 0. The summed E-state index contributed by atoms with van der Waals surface area (Å²) in [5.74, 6) is 0.410. The fourth-order valence-electron chi connectivity index (χ4n) is 1.63. The Labute approximate surface area is 86.2 Å². The first-order valence-electron chi connectivity index (χ1n) is 5.08. The number of hydrogen-bond acceptors (Lipinski definition) is 2. The standard InChI is InChI=1S/C12H19NO/c1-4-11(13(2)3)9-10-7-5-6-8-12(10)14/h5-8,11,14H,4,9H2,1-3H3. The molecular weight excluding hydrogens is 174 g/mol. The van der Waals surface area contributed by atoms with Gasteiger partial charge in [0.05, 0.1) is 0 Å². The van der Waals surface area contributed by atoms with Crippen molar-refractivity contribution in [2.24, 2.45) is 0 Å². The third kappa shape index (κ3) is 2.74. The molecule has 0 aliphatic rings. The molecule has 1 atom stereocenters. The Morgan fingerprint density at radius 1 is 1.29 bits per heavy atom. The molecule has 0 amide bonds. The molecule has 1 N–H and O–H groups in total. The van der Waals surface area contributed by atoms with Gasteiger partial charge in [-0.2, -0.15) is 0 Å². The van der Waals surface area contributed by atoms with E-state index in [9.17, 15) is 5.11 Å². The summed E-state index contributed by atoms with van der Waals surface area (Å²) in [6, 6.07) is 8.06. The quantitative estimate of drug-likeness (QED) is 0.793. The molecule has 2 heteroatoms. The average Bonchev–Trinajstić information content (AvgIpc) is 2.16. The van der Waals surface area contributed by atoms with Crippen LogP contribution in [-0.4, -0.2) is 30.1 Å². The average molecular weight is 193 g/mol. The third-order valence-electron chi connectivity index (χ3n) is 2.65. The van der Waals surface area contributed by atoms with Gasteiger partial charge in [-0.25, -0.2) is 0 Å². The van der Waals surface area contributed by atoms with Gasteiger partial charge in [0, 0.05) is 6.04 Å². The van der Waals surface area contributed by atoms with Gasteiger partial charge < -0.3 is 10.0 Å². The summed E-state index contributed by atoms with van der Waals surface area (Å²) in [6.07, 6.45) is 2.01. The van der Waals surface area contributed by atoms with E-state index in [4.69, 9.17) is 0 Å². The van der Waals surface area contributed by atoms with E-state index < -0.39 is 0 Å². The summed E-state index contributed by atoms with van der Waals surface area (Å²) < 4.78 is 0. The van der Waals surface area contributed by atoms with E-state index in [0.717, 1.165) is 18.4 Å². The monoisotopic (exact) mass is 193 g/mol. The molecule has 0 spiro atoms. The lowest BCUT2D eigenvalue weighted by Gasteiger charge is -2.23. The fraction of sp³-hybridized carbons (Fsp3) is 0.500. The van der Waals surface area contributed by atoms with Gasteiger partial charge in [-0.15, -0.1) is 0 Å². The molecule has 0 radical (unpaired) electrons. The van der Waals surface area contributed by atoms with Crippen LogP contribution in [-0.2, 0) is 6.42 Å². The SMILES string of the molecule is CCC(Cc1ccccc1O)N(C)C. The smallest absolute Gasteiger partial charge is 0.118 e. The number of hydrogen-bond donors (Lipinski definition) is 1. The van der Waals surface area contributed by atoms with E-state index in [1.807, 2.05) is 18.2 Å². The number of phenols is 1. The van der Waals surface area contributed by atoms with Gasteiger partial charge in [0.15, 0.2) is 0 Å². The van der Waals surface area contributed by atoms with Crippen molar-refractivity contribution in [2.75, 3.05) is 14.1 Å². The second-order valence-electron chi connectivity index (χ2n) is 3.86. The zero-order valence-electron chi connectivity index (χ0n) is 9.20. The predicted octanol–water partition coefficient (Wildman–Crippen LogP) is 2.27. The molecule has 0 aliphatic carbocycles. The van der Waals surface area contributed by atoms with Crippen LogP contribution in [0.25, 0.3) is 0 Å². The van der Waals surface area contributed by atoms with Crippen molar-refractivity contribution in [1.29, 1.82) is 0 Å². The minimum Gasteiger partial charge on any atom is -0.508 e. The minimum atomic E-state index is 0.410. The van der Waals surface area contributed by atoms with Gasteiger partial charge in [0.25, 0.3) is 0 Å². The molecule has 14 heavy (non-hydrogen) atoms. The molecule has 78 valence electrons. The molecule has 0 aliphatic heterocycles. The second kappa shape index (κ2) is 5.01. The lowest BCUT2D eigenvalue weighted by molar-refractivity contribution is 0.282. The van der Waals surface area contributed by atoms with Crippen LogP contribution >= 0.6 is 0 Å². The summed E-state index contributed by atoms with van der Waals surface area (Å²) in [6.45, 7) is 2.17. The zero-order valence-corrected chi connectivity index (χ0v) is 9.20. The molecule has 0 saturated heterocycles. The Hall–Kier alpha value is -1.02. The van der Waals surface area contributed by atoms with Crippen molar-refractivity contribution in [2.45, 2.75) is 25.8 Å². The van der Waals surface area contributed by atoms with E-state index in [1.165, 1.54) is 0 Å². The first-order chi connectivity index (χ1) is 6.65. The number of aromatic hydroxyl groups is 1. The highest BCUT2D eigenvalue weighted by molar-refractivity contribution is 5.32. The van der Waals surface area contributed by atoms with E-state index in [1.54, 1.807) is 6.07 Å². The molecule has 0 bridgehead atoms. The van der Waals surface area contributed by atoms with E-state index in [2.05, 4.69) is 25.9 Å². The normalized spacial score (nSPS) is 13.1. The van der Waals surface area contributed by atoms with Gasteiger partial charge >= 0.3 is 0 Å². The number of para-hydroxylation sites is 1. The van der Waals surface area contributed by atoms with Crippen molar-refractivity contribution in [1.82, 2.24) is 4.90 Å². The third-order valence-corrected chi connectivity index (χ3v) is 2.65.